The molecule has 2 aliphatic rings. The quantitative estimate of drug-likeness (QED) is 0.758. The molecule has 0 N–H and O–H groups in total. The van der Waals surface area contributed by atoms with Crippen molar-refractivity contribution in [1.82, 2.24) is 14.8 Å². The molecule has 1 aromatic heterocycles. The highest BCUT2D eigenvalue weighted by molar-refractivity contribution is 9.10. The zero-order chi connectivity index (χ0) is 16.0. The normalized spacial score (nSPS) is 24.0. The predicted molar refractivity (Wildman–Crippen MR) is 91.8 cm³/mol. The first-order valence-electron chi connectivity index (χ1n) is 8.36. The summed E-state index contributed by atoms with van der Waals surface area (Å²) >= 11 is 3.52. The molecule has 0 saturated heterocycles. The van der Waals surface area contributed by atoms with Gasteiger partial charge in [-0.3, -0.25) is 9.36 Å². The Morgan fingerprint density at radius 3 is 2.70 bits per heavy atom. The number of carbonyl (C=O) groups is 1. The van der Waals surface area contributed by atoms with Crippen LogP contribution in [0.1, 0.15) is 55.7 Å². The summed E-state index contributed by atoms with van der Waals surface area (Å²) in [4.78, 5) is 12.3. The van der Waals surface area contributed by atoms with E-state index in [0.29, 0.717) is 18.8 Å². The Balaban J connectivity index is 1.82. The van der Waals surface area contributed by atoms with Gasteiger partial charge in [-0.2, -0.15) is 0 Å². The van der Waals surface area contributed by atoms with E-state index in [4.69, 9.17) is 0 Å². The Morgan fingerprint density at radius 2 is 1.91 bits per heavy atom. The fourth-order valence-electron chi connectivity index (χ4n) is 3.86. The molecule has 120 valence electrons. The first-order valence-corrected chi connectivity index (χ1v) is 9.16. The molecular weight excluding hydrogens is 354 g/mol. The van der Waals surface area contributed by atoms with Crippen LogP contribution < -0.4 is 0 Å². The largest absolute Gasteiger partial charge is 0.299 e. The molecule has 1 fully saturated rings. The summed E-state index contributed by atoms with van der Waals surface area (Å²) in [6, 6.07) is 6.17. The zero-order valence-electron chi connectivity index (χ0n) is 13.3. The number of benzene rings is 1. The van der Waals surface area contributed by atoms with Crippen LogP contribution in [0.2, 0.25) is 0 Å². The number of nitrogens with zero attached hydrogens (tertiary/aromatic N) is 3. The van der Waals surface area contributed by atoms with Crippen molar-refractivity contribution >= 4 is 21.7 Å². The molecule has 0 bridgehead atoms. The summed E-state index contributed by atoms with van der Waals surface area (Å²) in [6.45, 7) is 2.33. The van der Waals surface area contributed by atoms with Crippen LogP contribution in [-0.2, 0) is 17.6 Å². The molecule has 1 aliphatic carbocycles. The highest BCUT2D eigenvalue weighted by Crippen LogP contribution is 2.37. The summed E-state index contributed by atoms with van der Waals surface area (Å²) in [5.41, 5.74) is 2.14. The van der Waals surface area contributed by atoms with Crippen molar-refractivity contribution in [3.05, 3.63) is 39.9 Å². The zero-order valence-corrected chi connectivity index (χ0v) is 14.8. The standard InChI is InChI=1S/C18H20BrN3O/c1-11-2-4-12(5-3-11)18-21-20-17-10-15(23)9-13-8-14(19)6-7-16(13)22(17)18/h6-8,11-12H,2-5,9-10H2,1H3. The molecule has 23 heavy (non-hydrogen) atoms. The highest BCUT2D eigenvalue weighted by Gasteiger charge is 2.29. The Kier molecular flexibility index (Phi) is 3.84. The maximum atomic E-state index is 12.3. The second kappa shape index (κ2) is 5.86. The van der Waals surface area contributed by atoms with Crippen molar-refractivity contribution < 1.29 is 4.79 Å². The van der Waals surface area contributed by atoms with Gasteiger partial charge in [0.2, 0.25) is 0 Å². The minimum absolute atomic E-state index is 0.208. The van der Waals surface area contributed by atoms with E-state index in [9.17, 15) is 4.79 Å². The molecule has 0 unspecified atom stereocenters. The number of ketones is 1. The number of halogens is 1. The molecule has 0 atom stereocenters. The van der Waals surface area contributed by atoms with E-state index in [1.807, 2.05) is 6.07 Å². The van der Waals surface area contributed by atoms with Gasteiger partial charge in [-0.05, 0) is 42.5 Å². The molecule has 0 radical (unpaired) electrons. The number of aromatic nitrogens is 3. The molecule has 1 aliphatic heterocycles. The molecule has 2 heterocycles. The number of carbonyl (C=O) groups excluding carboxylic acids is 1. The Morgan fingerprint density at radius 1 is 1.13 bits per heavy atom. The minimum atomic E-state index is 0.208. The molecule has 1 saturated carbocycles. The van der Waals surface area contributed by atoms with Crippen LogP contribution in [0.25, 0.3) is 5.69 Å². The SMILES string of the molecule is CC1CCC(c2nnc3n2-c2ccc(Br)cc2CC(=O)C3)CC1. The van der Waals surface area contributed by atoms with Gasteiger partial charge in [-0.25, -0.2) is 0 Å². The summed E-state index contributed by atoms with van der Waals surface area (Å²) in [7, 11) is 0. The van der Waals surface area contributed by atoms with E-state index in [1.165, 1.54) is 25.7 Å². The van der Waals surface area contributed by atoms with E-state index in [2.05, 4.69) is 49.8 Å². The lowest BCUT2D eigenvalue weighted by Crippen LogP contribution is -2.16. The van der Waals surface area contributed by atoms with Crippen LogP contribution in [0.3, 0.4) is 0 Å². The van der Waals surface area contributed by atoms with Crippen molar-refractivity contribution in [2.24, 2.45) is 5.92 Å². The molecule has 1 aromatic carbocycles. The molecule has 4 nitrogen and oxygen atoms in total. The van der Waals surface area contributed by atoms with Crippen molar-refractivity contribution in [3.63, 3.8) is 0 Å². The Bertz CT molecular complexity index is 760. The average molecular weight is 374 g/mol. The van der Waals surface area contributed by atoms with E-state index in [1.54, 1.807) is 0 Å². The van der Waals surface area contributed by atoms with E-state index >= 15 is 0 Å². The van der Waals surface area contributed by atoms with Crippen LogP contribution in [0.4, 0.5) is 0 Å². The molecular formula is C18H20BrN3O. The first-order chi connectivity index (χ1) is 11.1. The monoisotopic (exact) mass is 373 g/mol. The van der Waals surface area contributed by atoms with Gasteiger partial charge in [-0.1, -0.05) is 35.7 Å². The fourth-order valence-corrected chi connectivity index (χ4v) is 4.26. The number of hydrogen-bond acceptors (Lipinski definition) is 3. The summed E-state index contributed by atoms with van der Waals surface area (Å²) in [6.07, 6.45) is 5.68. The average Bonchev–Trinajstić information content (AvgIpc) is 2.86. The summed E-state index contributed by atoms with van der Waals surface area (Å²) in [5, 5.41) is 8.86. The topological polar surface area (TPSA) is 47.8 Å². The number of rotatable bonds is 1. The smallest absolute Gasteiger partial charge is 0.145 e. The summed E-state index contributed by atoms with van der Waals surface area (Å²) in [5.74, 6) is 3.31. The lowest BCUT2D eigenvalue weighted by molar-refractivity contribution is -0.117. The van der Waals surface area contributed by atoms with Gasteiger partial charge in [0.15, 0.2) is 0 Å². The third-order valence-corrected chi connectivity index (χ3v) is 5.65. The van der Waals surface area contributed by atoms with Crippen LogP contribution in [-0.4, -0.2) is 20.5 Å². The molecule has 0 amide bonds. The molecule has 5 heteroatoms. The van der Waals surface area contributed by atoms with Gasteiger partial charge in [-0.15, -0.1) is 10.2 Å². The van der Waals surface area contributed by atoms with Crippen LogP contribution >= 0.6 is 15.9 Å². The van der Waals surface area contributed by atoms with E-state index in [-0.39, 0.29) is 5.78 Å². The third kappa shape index (κ3) is 2.75. The fraction of sp³-hybridized carbons (Fsp3) is 0.500. The lowest BCUT2D eigenvalue weighted by Gasteiger charge is -2.26. The second-order valence-corrected chi connectivity index (χ2v) is 7.85. The Hall–Kier alpha value is -1.49. The molecule has 0 spiro atoms. The first kappa shape index (κ1) is 15.1. The number of Topliss-reactive ketones (excluding diaryl/α,β-unsaturated/α-hetero) is 1. The van der Waals surface area contributed by atoms with Gasteiger partial charge in [0.05, 0.1) is 12.1 Å². The van der Waals surface area contributed by atoms with Gasteiger partial charge in [0.25, 0.3) is 0 Å². The van der Waals surface area contributed by atoms with Crippen molar-refractivity contribution in [1.29, 1.82) is 0 Å². The molecule has 2 aromatic rings. The van der Waals surface area contributed by atoms with E-state index < -0.39 is 0 Å². The van der Waals surface area contributed by atoms with Gasteiger partial charge >= 0.3 is 0 Å². The highest BCUT2D eigenvalue weighted by atomic mass is 79.9. The second-order valence-electron chi connectivity index (χ2n) is 6.93. The minimum Gasteiger partial charge on any atom is -0.299 e. The molecule has 4 rings (SSSR count). The predicted octanol–water partition coefficient (Wildman–Crippen LogP) is 3.99. The van der Waals surface area contributed by atoms with Crippen molar-refractivity contribution in [2.45, 2.75) is 51.4 Å². The maximum absolute atomic E-state index is 12.3. The van der Waals surface area contributed by atoms with Crippen molar-refractivity contribution in [3.8, 4) is 5.69 Å². The lowest BCUT2D eigenvalue weighted by atomic mass is 9.82. The van der Waals surface area contributed by atoms with E-state index in [0.717, 1.165) is 33.3 Å². The van der Waals surface area contributed by atoms with Crippen molar-refractivity contribution in [2.75, 3.05) is 0 Å². The number of hydrogen-bond donors (Lipinski definition) is 0. The van der Waals surface area contributed by atoms with Gasteiger partial charge in [0, 0.05) is 16.8 Å². The van der Waals surface area contributed by atoms with Crippen LogP contribution in [0.15, 0.2) is 22.7 Å². The maximum Gasteiger partial charge on any atom is 0.145 e. The van der Waals surface area contributed by atoms with Crippen LogP contribution in [0, 0.1) is 5.92 Å². The summed E-state index contributed by atoms with van der Waals surface area (Å²) < 4.78 is 3.17. The third-order valence-electron chi connectivity index (χ3n) is 5.16. The number of fused-ring (bicyclic) bond motifs is 3. The van der Waals surface area contributed by atoms with Gasteiger partial charge in [0.1, 0.15) is 17.4 Å². The van der Waals surface area contributed by atoms with Gasteiger partial charge < -0.3 is 0 Å². The van der Waals surface area contributed by atoms with Crippen LogP contribution in [0.5, 0.6) is 0 Å². The Labute approximate surface area is 144 Å².